The maximum atomic E-state index is 14.4. The highest BCUT2D eigenvalue weighted by atomic mass is 19.1. The van der Waals surface area contributed by atoms with Crippen molar-refractivity contribution in [2.24, 2.45) is 0 Å². The Hall–Kier alpha value is -3.15. The molecule has 1 aromatic heterocycles. The summed E-state index contributed by atoms with van der Waals surface area (Å²) in [5.74, 6) is 0.366. The molecule has 4 nitrogen and oxygen atoms in total. The molecule has 0 bridgehead atoms. The van der Waals surface area contributed by atoms with Crippen LogP contribution in [0.2, 0.25) is 0 Å². The van der Waals surface area contributed by atoms with Gasteiger partial charge in [0.05, 0.1) is 18.7 Å². The zero-order valence-corrected chi connectivity index (χ0v) is 17.0. The van der Waals surface area contributed by atoms with Crippen molar-refractivity contribution in [1.82, 2.24) is 9.88 Å². The molecule has 0 saturated carbocycles. The van der Waals surface area contributed by atoms with Crippen LogP contribution in [0.3, 0.4) is 0 Å². The zero-order chi connectivity index (χ0) is 21.1. The van der Waals surface area contributed by atoms with E-state index in [1.54, 1.807) is 20.2 Å². The van der Waals surface area contributed by atoms with Crippen LogP contribution in [0, 0.1) is 5.82 Å². The van der Waals surface area contributed by atoms with Gasteiger partial charge < -0.3 is 19.7 Å². The van der Waals surface area contributed by atoms with Crippen LogP contribution in [0.25, 0.3) is 10.9 Å². The molecule has 4 aromatic rings. The summed E-state index contributed by atoms with van der Waals surface area (Å²) in [5, 5.41) is 15.7. The van der Waals surface area contributed by atoms with E-state index in [9.17, 15) is 9.50 Å². The quantitative estimate of drug-likeness (QED) is 0.486. The predicted molar refractivity (Wildman–Crippen MR) is 117 cm³/mol. The number of rotatable bonds is 7. The van der Waals surface area contributed by atoms with Crippen molar-refractivity contribution in [1.29, 1.82) is 0 Å². The first-order chi connectivity index (χ1) is 14.6. The van der Waals surface area contributed by atoms with Gasteiger partial charge >= 0.3 is 0 Å². The van der Waals surface area contributed by atoms with Crippen LogP contribution in [0.15, 0.2) is 85.1 Å². The Balaban J connectivity index is 2.12. The predicted octanol–water partition coefficient (Wildman–Crippen LogP) is 4.16. The van der Waals surface area contributed by atoms with Crippen LogP contribution >= 0.6 is 0 Å². The molecule has 5 heteroatoms. The Bertz CT molecular complexity index is 1140. The number of nitrogens with zero attached hydrogens (tertiary/aromatic N) is 1. The maximum Gasteiger partial charge on any atom is 0.123 e. The summed E-state index contributed by atoms with van der Waals surface area (Å²) in [6.45, 7) is 0.315. The van der Waals surface area contributed by atoms with Crippen molar-refractivity contribution >= 4 is 10.9 Å². The molecule has 0 saturated heterocycles. The van der Waals surface area contributed by atoms with Crippen molar-refractivity contribution in [3.8, 4) is 5.75 Å². The van der Waals surface area contributed by atoms with Gasteiger partial charge in [0.1, 0.15) is 17.1 Å². The highest BCUT2D eigenvalue weighted by molar-refractivity contribution is 5.82. The minimum absolute atomic E-state index is 0.315. The van der Waals surface area contributed by atoms with E-state index in [0.29, 0.717) is 17.9 Å². The van der Waals surface area contributed by atoms with E-state index in [0.717, 1.165) is 16.5 Å². The molecule has 0 spiro atoms. The number of aliphatic hydroxyl groups is 1. The zero-order valence-electron chi connectivity index (χ0n) is 17.0. The number of benzene rings is 3. The van der Waals surface area contributed by atoms with E-state index in [4.69, 9.17) is 4.74 Å². The molecule has 4 rings (SSSR count). The lowest BCUT2D eigenvalue weighted by Gasteiger charge is -2.41. The van der Waals surface area contributed by atoms with Crippen LogP contribution in [0.5, 0.6) is 5.75 Å². The lowest BCUT2D eigenvalue weighted by atomic mass is 9.77. The van der Waals surface area contributed by atoms with Crippen LogP contribution < -0.4 is 10.1 Å². The summed E-state index contributed by atoms with van der Waals surface area (Å²) in [6, 6.07) is 24.0. The van der Waals surface area contributed by atoms with Crippen LogP contribution in [0.1, 0.15) is 11.1 Å². The van der Waals surface area contributed by atoms with Gasteiger partial charge in [-0.05, 0) is 53.9 Å². The maximum absolute atomic E-state index is 14.4. The first-order valence-corrected chi connectivity index (χ1v) is 9.91. The van der Waals surface area contributed by atoms with Crippen LogP contribution in [0.4, 0.5) is 4.39 Å². The van der Waals surface area contributed by atoms with Gasteiger partial charge in [-0.25, -0.2) is 4.39 Å². The number of aliphatic hydroxyl groups excluding tert-OH is 1. The van der Waals surface area contributed by atoms with Crippen LogP contribution in [-0.2, 0) is 5.54 Å². The molecule has 0 unspecified atom stereocenters. The number of hydrogen-bond acceptors (Lipinski definition) is 3. The second-order valence-corrected chi connectivity index (χ2v) is 7.33. The number of aromatic nitrogens is 1. The Labute approximate surface area is 175 Å². The van der Waals surface area contributed by atoms with Gasteiger partial charge in [0.2, 0.25) is 0 Å². The van der Waals surface area contributed by atoms with E-state index < -0.39 is 11.6 Å². The second-order valence-electron chi connectivity index (χ2n) is 7.33. The lowest BCUT2D eigenvalue weighted by Crippen LogP contribution is -2.50. The third-order valence-electron chi connectivity index (χ3n) is 5.64. The topological polar surface area (TPSA) is 46.4 Å². The SMILES string of the molecule is CNC[C@@H](O)[C@](c1ccccc1)(c1cccc(F)c1)n1ccc2ccc(OC)cc21. The number of ether oxygens (including phenoxy) is 1. The Morgan fingerprint density at radius 2 is 1.77 bits per heavy atom. The van der Waals surface area contributed by atoms with Crippen molar-refractivity contribution in [2.45, 2.75) is 11.6 Å². The van der Waals surface area contributed by atoms with Crippen molar-refractivity contribution < 1.29 is 14.2 Å². The molecule has 0 radical (unpaired) electrons. The fourth-order valence-electron chi connectivity index (χ4n) is 4.29. The molecule has 30 heavy (non-hydrogen) atoms. The molecular formula is C25H25FN2O2. The van der Waals surface area contributed by atoms with Crippen molar-refractivity contribution in [3.63, 3.8) is 0 Å². The van der Waals surface area contributed by atoms with E-state index in [2.05, 4.69) is 5.32 Å². The Morgan fingerprint density at radius 3 is 2.47 bits per heavy atom. The van der Waals surface area contributed by atoms with E-state index >= 15 is 0 Å². The van der Waals surface area contributed by atoms with E-state index in [1.165, 1.54) is 12.1 Å². The average Bonchev–Trinajstić information content (AvgIpc) is 3.19. The average molecular weight is 404 g/mol. The monoisotopic (exact) mass is 404 g/mol. The fraction of sp³-hybridized carbons (Fsp3) is 0.200. The first-order valence-electron chi connectivity index (χ1n) is 9.91. The third kappa shape index (κ3) is 3.26. The third-order valence-corrected chi connectivity index (χ3v) is 5.64. The number of fused-ring (bicyclic) bond motifs is 1. The molecule has 3 aromatic carbocycles. The summed E-state index contributed by atoms with van der Waals surface area (Å²) in [7, 11) is 3.42. The second kappa shape index (κ2) is 8.30. The minimum atomic E-state index is -1.06. The number of halogens is 1. The summed E-state index contributed by atoms with van der Waals surface area (Å²) in [6.07, 6.45) is 1.06. The molecule has 0 aliphatic heterocycles. The first kappa shape index (κ1) is 20.1. The standard InChI is InChI=1S/C25H25FN2O2/c1-27-17-24(29)25(19-7-4-3-5-8-19,20-9-6-10-21(26)15-20)28-14-13-18-11-12-22(30-2)16-23(18)28/h3-16,24,27,29H,17H2,1-2H3/t24-,25+/m1/s1. The van der Waals surface area contributed by atoms with Gasteiger partial charge in [0.15, 0.2) is 0 Å². The normalized spacial score (nSPS) is 14.4. The number of nitrogens with one attached hydrogen (secondary N) is 1. The van der Waals surface area contributed by atoms with E-state index in [1.807, 2.05) is 71.4 Å². The highest BCUT2D eigenvalue weighted by Crippen LogP contribution is 2.41. The Morgan fingerprint density at radius 1 is 1.00 bits per heavy atom. The van der Waals surface area contributed by atoms with Gasteiger partial charge in [0, 0.05) is 18.8 Å². The fourth-order valence-corrected chi connectivity index (χ4v) is 4.29. The molecular weight excluding hydrogens is 379 g/mol. The van der Waals surface area contributed by atoms with Gasteiger partial charge in [-0.1, -0.05) is 42.5 Å². The Kier molecular flexibility index (Phi) is 5.57. The van der Waals surface area contributed by atoms with Crippen LogP contribution in [-0.4, -0.2) is 36.5 Å². The molecule has 2 atom stereocenters. The molecule has 154 valence electrons. The smallest absolute Gasteiger partial charge is 0.123 e. The van der Waals surface area contributed by atoms with Crippen molar-refractivity contribution in [2.75, 3.05) is 20.7 Å². The summed E-state index contributed by atoms with van der Waals surface area (Å²) < 4.78 is 21.9. The molecule has 2 N–H and O–H groups in total. The van der Waals surface area contributed by atoms with Gasteiger partial charge in [-0.2, -0.15) is 0 Å². The molecule has 0 aliphatic carbocycles. The molecule has 0 aliphatic rings. The van der Waals surface area contributed by atoms with E-state index in [-0.39, 0.29) is 5.82 Å². The number of likely N-dealkylation sites (N-methyl/N-ethyl adjacent to an activating group) is 1. The number of methoxy groups -OCH3 is 1. The van der Waals surface area contributed by atoms with Gasteiger partial charge in [0.25, 0.3) is 0 Å². The summed E-state index contributed by atoms with van der Waals surface area (Å²) >= 11 is 0. The van der Waals surface area contributed by atoms with Gasteiger partial charge in [-0.3, -0.25) is 0 Å². The molecule has 0 fully saturated rings. The number of hydrogen-bond donors (Lipinski definition) is 2. The highest BCUT2D eigenvalue weighted by Gasteiger charge is 2.43. The summed E-state index contributed by atoms with van der Waals surface area (Å²) in [5.41, 5.74) is 1.36. The lowest BCUT2D eigenvalue weighted by molar-refractivity contribution is 0.0877. The molecule has 0 amide bonds. The minimum Gasteiger partial charge on any atom is -0.497 e. The largest absolute Gasteiger partial charge is 0.497 e. The van der Waals surface area contributed by atoms with Gasteiger partial charge in [-0.15, -0.1) is 0 Å². The molecule has 1 heterocycles. The summed E-state index contributed by atoms with van der Waals surface area (Å²) in [4.78, 5) is 0. The van der Waals surface area contributed by atoms with Crippen molar-refractivity contribution in [3.05, 3.63) is 102 Å².